The van der Waals surface area contributed by atoms with Crippen molar-refractivity contribution in [3.05, 3.63) is 36.5 Å². The average molecular weight is 362 g/mol. The third kappa shape index (κ3) is 10.2. The molecule has 144 valence electrons. The van der Waals surface area contributed by atoms with Crippen molar-refractivity contribution in [1.82, 2.24) is 0 Å². The highest BCUT2D eigenvalue weighted by Gasteiger charge is 2.19. The zero-order valence-electron chi connectivity index (χ0n) is 15.1. The van der Waals surface area contributed by atoms with Crippen LogP contribution >= 0.6 is 0 Å². The first-order chi connectivity index (χ1) is 12.5. The normalized spacial score (nSPS) is 19.5. The van der Waals surface area contributed by atoms with Crippen LogP contribution in [-0.4, -0.2) is 44.7 Å². The molecular weight excluding hydrogens is 332 g/mol. The Morgan fingerprint density at radius 3 is 2.38 bits per heavy atom. The number of hydrogen-bond donors (Lipinski definition) is 4. The molecular formula is C21H30O5. The Kier molecular flexibility index (Phi) is 11.4. The lowest BCUT2D eigenvalue weighted by Crippen LogP contribution is -2.23. The van der Waals surface area contributed by atoms with Gasteiger partial charge in [0.1, 0.15) is 0 Å². The predicted molar refractivity (Wildman–Crippen MR) is 101 cm³/mol. The molecule has 0 aromatic heterocycles. The molecule has 0 amide bonds. The maximum atomic E-state index is 10.4. The van der Waals surface area contributed by atoms with Gasteiger partial charge in [-0.15, -0.1) is 0 Å². The average Bonchev–Trinajstić information content (AvgIpc) is 2.63. The minimum absolute atomic E-state index is 0.0219. The molecule has 26 heavy (non-hydrogen) atoms. The molecule has 0 aliphatic heterocycles. The first-order valence-electron chi connectivity index (χ1n) is 9.27. The van der Waals surface area contributed by atoms with Gasteiger partial charge < -0.3 is 20.4 Å². The van der Waals surface area contributed by atoms with Crippen molar-refractivity contribution in [2.45, 2.75) is 69.7 Å². The van der Waals surface area contributed by atoms with Gasteiger partial charge in [0, 0.05) is 6.42 Å². The largest absolute Gasteiger partial charge is 0.481 e. The number of aliphatic hydroxyl groups is 3. The Balaban J connectivity index is 2.26. The number of aliphatic carboxylic acids is 1. The monoisotopic (exact) mass is 362 g/mol. The topological polar surface area (TPSA) is 98.0 Å². The van der Waals surface area contributed by atoms with E-state index in [9.17, 15) is 20.1 Å². The highest BCUT2D eigenvalue weighted by Crippen LogP contribution is 2.26. The van der Waals surface area contributed by atoms with Crippen molar-refractivity contribution in [3.8, 4) is 11.8 Å². The number of carboxylic acid groups (broad SMARTS) is 1. The highest BCUT2D eigenvalue weighted by atomic mass is 16.4. The van der Waals surface area contributed by atoms with Gasteiger partial charge in [-0.2, -0.15) is 0 Å². The van der Waals surface area contributed by atoms with Crippen molar-refractivity contribution in [2.75, 3.05) is 0 Å². The number of rotatable bonds is 9. The number of carboxylic acids is 1. The van der Waals surface area contributed by atoms with Crippen molar-refractivity contribution in [3.63, 3.8) is 0 Å². The predicted octanol–water partition coefficient (Wildman–Crippen LogP) is 2.58. The van der Waals surface area contributed by atoms with Crippen LogP contribution in [0.15, 0.2) is 36.5 Å². The van der Waals surface area contributed by atoms with Crippen LogP contribution in [0.1, 0.15) is 51.4 Å². The van der Waals surface area contributed by atoms with E-state index in [-0.39, 0.29) is 12.8 Å². The zero-order chi connectivity index (χ0) is 19.2. The molecule has 0 saturated heterocycles. The zero-order valence-corrected chi connectivity index (χ0v) is 15.1. The van der Waals surface area contributed by atoms with Crippen molar-refractivity contribution < 1.29 is 25.2 Å². The molecule has 1 aliphatic carbocycles. The highest BCUT2D eigenvalue weighted by molar-refractivity contribution is 5.66. The summed E-state index contributed by atoms with van der Waals surface area (Å²) >= 11 is 0. The molecule has 1 saturated carbocycles. The molecule has 1 fully saturated rings. The third-order valence-corrected chi connectivity index (χ3v) is 4.48. The molecule has 0 radical (unpaired) electrons. The fraction of sp³-hybridized carbons (Fsp3) is 0.571. The molecule has 0 bridgehead atoms. The Labute approximate surface area is 155 Å². The minimum atomic E-state index is -1.04. The minimum Gasteiger partial charge on any atom is -0.481 e. The molecule has 0 aromatic rings. The van der Waals surface area contributed by atoms with Gasteiger partial charge in [-0.05, 0) is 49.8 Å². The van der Waals surface area contributed by atoms with Crippen LogP contribution in [-0.2, 0) is 4.79 Å². The van der Waals surface area contributed by atoms with E-state index in [2.05, 4.69) is 11.8 Å². The molecule has 4 N–H and O–H groups in total. The first-order valence-corrected chi connectivity index (χ1v) is 9.27. The summed E-state index contributed by atoms with van der Waals surface area (Å²) < 4.78 is 0. The van der Waals surface area contributed by atoms with Gasteiger partial charge in [-0.1, -0.05) is 49.3 Å². The number of carbonyl (C=O) groups is 1. The Morgan fingerprint density at radius 1 is 1.00 bits per heavy atom. The van der Waals surface area contributed by atoms with Gasteiger partial charge in [0.2, 0.25) is 0 Å². The lowest BCUT2D eigenvalue weighted by atomic mass is 9.85. The summed E-state index contributed by atoms with van der Waals surface area (Å²) in [4.78, 5) is 10.4. The first kappa shape index (κ1) is 22.2. The van der Waals surface area contributed by atoms with Gasteiger partial charge >= 0.3 is 5.97 Å². The van der Waals surface area contributed by atoms with Gasteiger partial charge in [0.15, 0.2) is 0 Å². The van der Waals surface area contributed by atoms with E-state index in [1.807, 2.05) is 0 Å². The second kappa shape index (κ2) is 13.3. The molecule has 3 atom stereocenters. The fourth-order valence-corrected chi connectivity index (χ4v) is 2.92. The molecule has 0 spiro atoms. The van der Waals surface area contributed by atoms with Crippen LogP contribution in [0, 0.1) is 17.8 Å². The smallest absolute Gasteiger partial charge is 0.303 e. The molecule has 5 heteroatoms. The lowest BCUT2D eigenvalue weighted by Gasteiger charge is -2.24. The van der Waals surface area contributed by atoms with Gasteiger partial charge in [0.25, 0.3) is 0 Å². The van der Waals surface area contributed by atoms with Crippen LogP contribution in [0.4, 0.5) is 0 Å². The summed E-state index contributed by atoms with van der Waals surface area (Å²) in [5.74, 6) is 5.07. The van der Waals surface area contributed by atoms with Crippen molar-refractivity contribution in [1.29, 1.82) is 0 Å². The van der Waals surface area contributed by atoms with Gasteiger partial charge in [0.05, 0.1) is 18.3 Å². The molecule has 1 unspecified atom stereocenters. The second-order valence-electron chi connectivity index (χ2n) is 6.62. The molecule has 5 nitrogen and oxygen atoms in total. The number of hydrogen-bond acceptors (Lipinski definition) is 4. The number of aliphatic hydroxyl groups excluding tert-OH is 3. The van der Waals surface area contributed by atoms with E-state index < -0.39 is 24.3 Å². The summed E-state index contributed by atoms with van der Waals surface area (Å²) in [6.45, 7) is 0. The lowest BCUT2D eigenvalue weighted by molar-refractivity contribution is -0.137. The Bertz CT molecular complexity index is 546. The van der Waals surface area contributed by atoms with Crippen molar-refractivity contribution >= 4 is 5.97 Å². The summed E-state index contributed by atoms with van der Waals surface area (Å²) in [5.41, 5.74) is 0. The fourth-order valence-electron chi connectivity index (χ4n) is 2.92. The maximum Gasteiger partial charge on any atom is 0.303 e. The molecule has 1 rings (SSSR count). The molecule has 1 aliphatic rings. The summed E-state index contributed by atoms with van der Waals surface area (Å²) in [7, 11) is 0. The van der Waals surface area contributed by atoms with Crippen molar-refractivity contribution in [2.24, 2.45) is 5.92 Å². The summed E-state index contributed by atoms with van der Waals surface area (Å²) in [6, 6.07) is 0. The van der Waals surface area contributed by atoms with E-state index in [4.69, 9.17) is 5.11 Å². The summed E-state index contributed by atoms with van der Waals surface area (Å²) in [6.07, 6.45) is 13.6. The van der Waals surface area contributed by atoms with Crippen LogP contribution < -0.4 is 0 Å². The van der Waals surface area contributed by atoms with E-state index in [0.717, 1.165) is 12.8 Å². The van der Waals surface area contributed by atoms with E-state index >= 15 is 0 Å². The summed E-state index contributed by atoms with van der Waals surface area (Å²) in [5, 5.41) is 38.0. The Hall–Kier alpha value is -1.87. The van der Waals surface area contributed by atoms with E-state index in [1.54, 1.807) is 30.4 Å². The van der Waals surface area contributed by atoms with Crippen LogP contribution in [0.5, 0.6) is 0 Å². The number of allylic oxidation sites excluding steroid dienone is 4. The van der Waals surface area contributed by atoms with Gasteiger partial charge in [-0.25, -0.2) is 0 Å². The Morgan fingerprint density at radius 2 is 1.69 bits per heavy atom. The van der Waals surface area contributed by atoms with E-state index in [0.29, 0.717) is 12.3 Å². The molecule has 0 aromatic carbocycles. The quantitative estimate of drug-likeness (QED) is 0.373. The van der Waals surface area contributed by atoms with Crippen LogP contribution in [0.25, 0.3) is 0 Å². The molecule has 0 heterocycles. The van der Waals surface area contributed by atoms with Crippen LogP contribution in [0.2, 0.25) is 0 Å². The maximum absolute atomic E-state index is 10.4. The van der Waals surface area contributed by atoms with E-state index in [1.165, 1.54) is 25.3 Å². The SMILES string of the molecule is O=C(O)CCC[C@H](O)[C@H](O)/C=C/C=C/C#C/C=C/C(O)C1CCCCC1. The van der Waals surface area contributed by atoms with Gasteiger partial charge in [-0.3, -0.25) is 4.79 Å². The third-order valence-electron chi connectivity index (χ3n) is 4.48. The van der Waals surface area contributed by atoms with Crippen LogP contribution in [0.3, 0.4) is 0 Å². The standard InChI is InChI=1S/C21H30O5/c22-18(17-11-6-5-7-12-17)13-8-3-1-2-4-9-14-19(23)20(24)15-10-16-21(25)26/h2,4,8-9,13-14,17-20,22-24H,5-7,10-12,15-16H2,(H,25,26)/b4-2+,13-8+,14-9+/t18?,19-,20+/m1/s1. The second-order valence-corrected chi connectivity index (χ2v) is 6.62.